The monoisotopic (exact) mass is 266 g/mol. The lowest BCUT2D eigenvalue weighted by molar-refractivity contribution is 0.219. The summed E-state index contributed by atoms with van der Waals surface area (Å²) in [6, 6.07) is 12.7. The van der Waals surface area contributed by atoms with Crippen molar-refractivity contribution in [3.8, 4) is 0 Å². The van der Waals surface area contributed by atoms with E-state index in [1.54, 1.807) is 12.1 Å². The lowest BCUT2D eigenvalue weighted by Gasteiger charge is -2.15. The highest BCUT2D eigenvalue weighted by Crippen LogP contribution is 2.30. The quantitative estimate of drug-likeness (QED) is 0.855. The van der Waals surface area contributed by atoms with Crippen LogP contribution in [0, 0.1) is 6.92 Å². The highest BCUT2D eigenvalue weighted by molar-refractivity contribution is 6.31. The summed E-state index contributed by atoms with van der Waals surface area (Å²) >= 11 is 12.0. The molecule has 1 unspecified atom stereocenters. The molecule has 88 valence electrons. The standard InChI is InChI=1S/C14H12Cl2O/c1-9-8-10(15)6-7-11(9)14(17)12-4-2-3-5-13(12)16/h2-8,14,17H,1H3. The van der Waals surface area contributed by atoms with Crippen molar-refractivity contribution in [1.82, 2.24) is 0 Å². The molecule has 0 fully saturated rings. The van der Waals surface area contributed by atoms with Gasteiger partial charge in [0.15, 0.2) is 0 Å². The Kier molecular flexibility index (Phi) is 3.72. The second-order valence-electron chi connectivity index (χ2n) is 3.92. The van der Waals surface area contributed by atoms with Gasteiger partial charge in [-0.25, -0.2) is 0 Å². The van der Waals surface area contributed by atoms with Gasteiger partial charge in [-0.05, 0) is 36.2 Å². The van der Waals surface area contributed by atoms with E-state index in [4.69, 9.17) is 23.2 Å². The van der Waals surface area contributed by atoms with Crippen molar-refractivity contribution in [2.24, 2.45) is 0 Å². The van der Waals surface area contributed by atoms with Crippen LogP contribution < -0.4 is 0 Å². The van der Waals surface area contributed by atoms with Gasteiger partial charge in [0, 0.05) is 15.6 Å². The van der Waals surface area contributed by atoms with Crippen LogP contribution in [0.1, 0.15) is 22.8 Å². The zero-order valence-electron chi connectivity index (χ0n) is 9.32. The molecule has 0 heterocycles. The SMILES string of the molecule is Cc1cc(Cl)ccc1C(O)c1ccccc1Cl. The fourth-order valence-corrected chi connectivity index (χ4v) is 2.28. The predicted molar refractivity (Wildman–Crippen MR) is 71.7 cm³/mol. The number of rotatable bonds is 2. The molecule has 0 aliphatic heterocycles. The van der Waals surface area contributed by atoms with Crippen LogP contribution in [-0.2, 0) is 0 Å². The van der Waals surface area contributed by atoms with Crippen molar-refractivity contribution < 1.29 is 5.11 Å². The van der Waals surface area contributed by atoms with Crippen molar-refractivity contribution in [2.45, 2.75) is 13.0 Å². The number of aliphatic hydroxyl groups is 1. The summed E-state index contributed by atoms with van der Waals surface area (Å²) in [6.45, 7) is 1.92. The van der Waals surface area contributed by atoms with Crippen molar-refractivity contribution in [3.63, 3.8) is 0 Å². The van der Waals surface area contributed by atoms with Crippen molar-refractivity contribution in [3.05, 3.63) is 69.2 Å². The Hall–Kier alpha value is -1.02. The number of hydrogen-bond acceptors (Lipinski definition) is 1. The molecule has 0 saturated heterocycles. The summed E-state index contributed by atoms with van der Waals surface area (Å²) in [4.78, 5) is 0. The molecule has 0 bridgehead atoms. The zero-order valence-corrected chi connectivity index (χ0v) is 10.8. The van der Waals surface area contributed by atoms with Crippen molar-refractivity contribution in [1.29, 1.82) is 0 Å². The maximum atomic E-state index is 10.3. The third-order valence-electron chi connectivity index (χ3n) is 2.73. The molecule has 1 nitrogen and oxygen atoms in total. The first-order valence-electron chi connectivity index (χ1n) is 5.28. The molecular weight excluding hydrogens is 255 g/mol. The molecule has 0 saturated carbocycles. The van der Waals surface area contributed by atoms with Gasteiger partial charge in [-0.3, -0.25) is 0 Å². The molecule has 3 heteroatoms. The molecule has 0 radical (unpaired) electrons. The minimum Gasteiger partial charge on any atom is -0.384 e. The Bertz CT molecular complexity index is 537. The Morgan fingerprint density at radius 2 is 1.71 bits per heavy atom. The Labute approximate surface area is 111 Å². The first-order chi connectivity index (χ1) is 8.09. The van der Waals surface area contributed by atoms with E-state index in [-0.39, 0.29) is 0 Å². The van der Waals surface area contributed by atoms with E-state index >= 15 is 0 Å². The Morgan fingerprint density at radius 1 is 1.00 bits per heavy atom. The first-order valence-corrected chi connectivity index (χ1v) is 6.03. The highest BCUT2D eigenvalue weighted by Gasteiger charge is 2.15. The first kappa shape index (κ1) is 12.4. The van der Waals surface area contributed by atoms with Crippen LogP contribution in [0.15, 0.2) is 42.5 Å². The van der Waals surface area contributed by atoms with E-state index in [2.05, 4.69) is 0 Å². The van der Waals surface area contributed by atoms with Gasteiger partial charge in [0.05, 0.1) is 0 Å². The van der Waals surface area contributed by atoms with E-state index in [0.29, 0.717) is 15.6 Å². The van der Waals surface area contributed by atoms with E-state index in [9.17, 15) is 5.11 Å². The largest absolute Gasteiger partial charge is 0.384 e. The second-order valence-corrected chi connectivity index (χ2v) is 4.77. The van der Waals surface area contributed by atoms with Crippen LogP contribution in [0.4, 0.5) is 0 Å². The molecule has 2 aromatic rings. The number of benzene rings is 2. The van der Waals surface area contributed by atoms with Gasteiger partial charge in [-0.15, -0.1) is 0 Å². The average Bonchev–Trinajstić information content (AvgIpc) is 2.29. The lowest BCUT2D eigenvalue weighted by Crippen LogP contribution is -2.02. The smallest absolute Gasteiger partial charge is 0.106 e. The summed E-state index contributed by atoms with van der Waals surface area (Å²) in [5.74, 6) is 0. The van der Waals surface area contributed by atoms with Gasteiger partial charge in [-0.1, -0.05) is 47.5 Å². The topological polar surface area (TPSA) is 20.2 Å². The van der Waals surface area contributed by atoms with Crippen LogP contribution in [0.3, 0.4) is 0 Å². The van der Waals surface area contributed by atoms with Gasteiger partial charge < -0.3 is 5.11 Å². The van der Waals surface area contributed by atoms with Gasteiger partial charge in [-0.2, -0.15) is 0 Å². The van der Waals surface area contributed by atoms with Crippen LogP contribution in [0.5, 0.6) is 0 Å². The summed E-state index contributed by atoms with van der Waals surface area (Å²) in [5, 5.41) is 11.5. The third kappa shape index (κ3) is 2.63. The van der Waals surface area contributed by atoms with Gasteiger partial charge in [0.1, 0.15) is 6.10 Å². The normalized spacial score (nSPS) is 12.5. The maximum absolute atomic E-state index is 10.3. The molecule has 1 atom stereocenters. The summed E-state index contributed by atoms with van der Waals surface area (Å²) in [5.41, 5.74) is 2.48. The third-order valence-corrected chi connectivity index (χ3v) is 3.31. The molecule has 0 spiro atoms. The maximum Gasteiger partial charge on any atom is 0.106 e. The van der Waals surface area contributed by atoms with E-state index < -0.39 is 6.10 Å². The van der Waals surface area contributed by atoms with Crippen molar-refractivity contribution in [2.75, 3.05) is 0 Å². The predicted octanol–water partition coefficient (Wildman–Crippen LogP) is 4.38. The highest BCUT2D eigenvalue weighted by atomic mass is 35.5. The van der Waals surface area contributed by atoms with Crippen LogP contribution in [0.2, 0.25) is 10.0 Å². The number of hydrogen-bond donors (Lipinski definition) is 1. The molecule has 0 aliphatic carbocycles. The van der Waals surface area contributed by atoms with Crippen LogP contribution >= 0.6 is 23.2 Å². The molecule has 0 aromatic heterocycles. The van der Waals surface area contributed by atoms with E-state index in [1.807, 2.05) is 37.3 Å². The number of aliphatic hydroxyl groups excluding tert-OH is 1. The van der Waals surface area contributed by atoms with Gasteiger partial charge >= 0.3 is 0 Å². The lowest BCUT2D eigenvalue weighted by atomic mass is 9.97. The minimum absolute atomic E-state index is 0.564. The molecule has 17 heavy (non-hydrogen) atoms. The Morgan fingerprint density at radius 3 is 2.35 bits per heavy atom. The molecule has 2 aromatic carbocycles. The molecular formula is C14H12Cl2O. The minimum atomic E-state index is -0.721. The summed E-state index contributed by atoms with van der Waals surface area (Å²) in [7, 11) is 0. The number of aryl methyl sites for hydroxylation is 1. The molecule has 0 aliphatic rings. The Balaban J connectivity index is 2.44. The second kappa shape index (κ2) is 5.09. The summed E-state index contributed by atoms with van der Waals surface area (Å²) < 4.78 is 0. The fourth-order valence-electron chi connectivity index (χ4n) is 1.81. The average molecular weight is 267 g/mol. The molecule has 2 rings (SSSR count). The summed E-state index contributed by atoms with van der Waals surface area (Å²) in [6.07, 6.45) is -0.721. The van der Waals surface area contributed by atoms with E-state index in [0.717, 1.165) is 11.1 Å². The van der Waals surface area contributed by atoms with Gasteiger partial charge in [0.25, 0.3) is 0 Å². The zero-order chi connectivity index (χ0) is 12.4. The molecule has 0 amide bonds. The van der Waals surface area contributed by atoms with E-state index in [1.165, 1.54) is 0 Å². The van der Waals surface area contributed by atoms with Gasteiger partial charge in [0.2, 0.25) is 0 Å². The molecule has 1 N–H and O–H groups in total. The fraction of sp³-hybridized carbons (Fsp3) is 0.143. The van der Waals surface area contributed by atoms with Crippen molar-refractivity contribution >= 4 is 23.2 Å². The van der Waals surface area contributed by atoms with Crippen LogP contribution in [-0.4, -0.2) is 5.11 Å². The van der Waals surface area contributed by atoms with Crippen LogP contribution in [0.25, 0.3) is 0 Å². The number of halogens is 2.